The number of fused-ring (bicyclic) bond motifs is 7. The molecule has 0 heterocycles. The number of allylic oxidation sites excluding steroid dienone is 1. The second kappa shape index (κ2) is 11.6. The predicted octanol–water partition coefficient (Wildman–Crippen LogP) is 7.05. The smallest absolute Gasteiger partial charge is 0.226 e. The van der Waals surface area contributed by atoms with Crippen molar-refractivity contribution in [3.63, 3.8) is 0 Å². The van der Waals surface area contributed by atoms with E-state index >= 15 is 0 Å². The van der Waals surface area contributed by atoms with E-state index in [1.54, 1.807) is 0 Å². The third kappa shape index (κ3) is 4.77. The average Bonchev–Trinajstić information content (AvgIpc) is 3.34. The number of carbonyl (C=O) groups is 2. The molecule has 5 rings (SSSR count). The highest BCUT2D eigenvalue weighted by atomic mass is 16.2. The lowest BCUT2D eigenvalue weighted by atomic mass is 9.32. The Labute approximate surface area is 257 Å². The number of Topliss-reactive ketones (excluding diaryl/α,β-unsaturated/α-hetero) is 1. The zero-order valence-electron chi connectivity index (χ0n) is 28.0. The Morgan fingerprint density at radius 2 is 1.57 bits per heavy atom. The van der Waals surface area contributed by atoms with Crippen molar-refractivity contribution in [3.8, 4) is 0 Å². The van der Waals surface area contributed by atoms with Crippen LogP contribution in [0.25, 0.3) is 0 Å². The van der Waals surface area contributed by atoms with Gasteiger partial charge in [-0.1, -0.05) is 46.8 Å². The Morgan fingerprint density at radius 1 is 0.857 bits per heavy atom. The van der Waals surface area contributed by atoms with E-state index in [0.29, 0.717) is 41.3 Å². The van der Waals surface area contributed by atoms with Gasteiger partial charge in [0.2, 0.25) is 5.91 Å². The fraction of sp³-hybridized carbons (Fsp3) is 0.892. The summed E-state index contributed by atoms with van der Waals surface area (Å²) in [5.41, 5.74) is 7.14. The maximum absolute atomic E-state index is 14.2. The van der Waals surface area contributed by atoms with Crippen LogP contribution < -0.4 is 16.4 Å². The second-order valence-corrected chi connectivity index (χ2v) is 16.8. The van der Waals surface area contributed by atoms with Gasteiger partial charge in [0.05, 0.1) is 5.41 Å². The first-order valence-corrected chi connectivity index (χ1v) is 17.7. The predicted molar refractivity (Wildman–Crippen MR) is 173 cm³/mol. The molecule has 5 aliphatic rings. The molecule has 1 amide bonds. The molecule has 0 aromatic rings. The Kier molecular flexibility index (Phi) is 8.91. The van der Waals surface area contributed by atoms with Crippen molar-refractivity contribution in [3.05, 3.63) is 12.2 Å². The summed E-state index contributed by atoms with van der Waals surface area (Å²) in [4.78, 5) is 27.3. The Morgan fingerprint density at radius 3 is 2.29 bits per heavy atom. The van der Waals surface area contributed by atoms with Gasteiger partial charge in [-0.15, -0.1) is 0 Å². The van der Waals surface area contributed by atoms with Crippen molar-refractivity contribution in [2.75, 3.05) is 26.2 Å². The van der Waals surface area contributed by atoms with Crippen LogP contribution in [0.2, 0.25) is 0 Å². The zero-order valence-corrected chi connectivity index (χ0v) is 28.0. The van der Waals surface area contributed by atoms with Gasteiger partial charge in [-0.2, -0.15) is 0 Å². The second-order valence-electron chi connectivity index (χ2n) is 16.8. The molecule has 5 saturated carbocycles. The van der Waals surface area contributed by atoms with E-state index in [2.05, 4.69) is 58.8 Å². The molecule has 0 saturated heterocycles. The van der Waals surface area contributed by atoms with Crippen LogP contribution in [0.1, 0.15) is 125 Å². The molecular weight excluding hydrogens is 518 g/mol. The molecule has 0 bridgehead atoms. The molecule has 0 aromatic heterocycles. The number of ketones is 1. The largest absolute Gasteiger partial charge is 0.356 e. The maximum atomic E-state index is 14.2. The summed E-state index contributed by atoms with van der Waals surface area (Å²) in [6.07, 6.45) is 14.1. The van der Waals surface area contributed by atoms with Crippen LogP contribution in [0, 0.1) is 56.7 Å². The summed E-state index contributed by atoms with van der Waals surface area (Å²) in [5.74, 6) is 3.38. The molecule has 0 aliphatic heterocycles. The molecule has 4 N–H and O–H groups in total. The van der Waals surface area contributed by atoms with Crippen LogP contribution in [0.4, 0.5) is 0 Å². The number of hydrogen-bond donors (Lipinski definition) is 3. The topological polar surface area (TPSA) is 84.2 Å². The lowest BCUT2D eigenvalue weighted by Crippen LogP contribution is -2.67. The molecule has 5 nitrogen and oxygen atoms in total. The molecule has 5 fully saturated rings. The lowest BCUT2D eigenvalue weighted by molar-refractivity contribution is -0.233. The first-order valence-electron chi connectivity index (χ1n) is 17.7. The highest BCUT2D eigenvalue weighted by molar-refractivity contribution is 5.85. The summed E-state index contributed by atoms with van der Waals surface area (Å²) >= 11 is 0. The van der Waals surface area contributed by atoms with Crippen molar-refractivity contribution in [1.29, 1.82) is 0 Å². The molecule has 238 valence electrons. The highest BCUT2D eigenvalue weighted by Gasteiger charge is 2.71. The SMILES string of the molecule is C=C(C)[C@@H]1CC[C@]2(C(=O)NCCCCNCCCN)CC[C@]3(C)[C@H](CC[C@@H]4[C@@]5(C)CCC(=O)C(C)(C)[C@@H]5CC[C@]43C)[C@@H]12. The summed E-state index contributed by atoms with van der Waals surface area (Å²) < 4.78 is 0. The fourth-order valence-corrected chi connectivity index (χ4v) is 12.4. The number of amides is 1. The van der Waals surface area contributed by atoms with Crippen LogP contribution in [0.3, 0.4) is 0 Å². The monoisotopic (exact) mass is 581 g/mol. The van der Waals surface area contributed by atoms with E-state index in [1.165, 1.54) is 31.3 Å². The summed E-state index contributed by atoms with van der Waals surface area (Å²) in [6, 6.07) is 0. The van der Waals surface area contributed by atoms with Gasteiger partial charge in [0.25, 0.3) is 0 Å². The van der Waals surface area contributed by atoms with Crippen LogP contribution >= 0.6 is 0 Å². The summed E-state index contributed by atoms with van der Waals surface area (Å²) in [6.45, 7) is 22.6. The van der Waals surface area contributed by atoms with Crippen LogP contribution in [-0.2, 0) is 9.59 Å². The number of rotatable bonds is 10. The molecule has 42 heavy (non-hydrogen) atoms. The third-order valence-corrected chi connectivity index (χ3v) is 14.9. The van der Waals surface area contributed by atoms with Gasteiger partial charge in [-0.05, 0) is 149 Å². The van der Waals surface area contributed by atoms with E-state index in [9.17, 15) is 9.59 Å². The van der Waals surface area contributed by atoms with Gasteiger partial charge in [0.1, 0.15) is 5.78 Å². The Hall–Kier alpha value is -1.20. The van der Waals surface area contributed by atoms with E-state index in [1.807, 2.05) is 0 Å². The van der Waals surface area contributed by atoms with Gasteiger partial charge in [0, 0.05) is 18.4 Å². The van der Waals surface area contributed by atoms with Crippen LogP contribution in [0.15, 0.2) is 12.2 Å². The van der Waals surface area contributed by atoms with E-state index in [0.717, 1.165) is 84.0 Å². The molecule has 0 radical (unpaired) electrons. The minimum atomic E-state index is -0.239. The van der Waals surface area contributed by atoms with Crippen molar-refractivity contribution in [2.24, 2.45) is 62.4 Å². The number of nitrogens with two attached hydrogens (primary N) is 1. The first-order chi connectivity index (χ1) is 19.8. The molecule has 0 aromatic carbocycles. The van der Waals surface area contributed by atoms with Gasteiger partial charge < -0.3 is 16.4 Å². The van der Waals surface area contributed by atoms with Crippen molar-refractivity contribution >= 4 is 11.7 Å². The number of hydrogen-bond acceptors (Lipinski definition) is 4. The lowest BCUT2D eigenvalue weighted by Gasteiger charge is -2.72. The van der Waals surface area contributed by atoms with Gasteiger partial charge in [-0.3, -0.25) is 9.59 Å². The van der Waals surface area contributed by atoms with E-state index in [4.69, 9.17) is 5.73 Å². The number of carbonyl (C=O) groups excluding carboxylic acids is 2. The molecule has 5 heteroatoms. The Balaban J connectivity index is 1.36. The molecule has 0 spiro atoms. The molecule has 0 unspecified atom stereocenters. The van der Waals surface area contributed by atoms with Crippen LogP contribution in [0.5, 0.6) is 0 Å². The first kappa shape index (κ1) is 32.2. The van der Waals surface area contributed by atoms with Crippen molar-refractivity contribution < 1.29 is 9.59 Å². The normalized spacial score (nSPS) is 44.0. The van der Waals surface area contributed by atoms with Crippen molar-refractivity contribution in [2.45, 2.75) is 125 Å². The third-order valence-electron chi connectivity index (χ3n) is 14.9. The number of unbranched alkanes of at least 4 members (excludes halogenated alkanes) is 1. The fourth-order valence-electron chi connectivity index (χ4n) is 12.4. The van der Waals surface area contributed by atoms with Crippen LogP contribution in [-0.4, -0.2) is 37.9 Å². The summed E-state index contributed by atoms with van der Waals surface area (Å²) in [5, 5.41) is 6.92. The van der Waals surface area contributed by atoms with Gasteiger partial charge >= 0.3 is 0 Å². The minimum Gasteiger partial charge on any atom is -0.356 e. The minimum absolute atomic E-state index is 0.205. The molecule has 9 atom stereocenters. The van der Waals surface area contributed by atoms with E-state index in [-0.39, 0.29) is 27.1 Å². The highest BCUT2D eigenvalue weighted by Crippen LogP contribution is 2.77. The number of nitrogens with one attached hydrogen (secondary N) is 2. The maximum Gasteiger partial charge on any atom is 0.226 e. The van der Waals surface area contributed by atoms with E-state index < -0.39 is 0 Å². The summed E-state index contributed by atoms with van der Waals surface area (Å²) in [7, 11) is 0. The molecule has 5 aliphatic carbocycles. The zero-order chi connectivity index (χ0) is 30.6. The quantitative estimate of drug-likeness (QED) is 0.191. The average molecular weight is 582 g/mol. The van der Waals surface area contributed by atoms with Gasteiger partial charge in [0.15, 0.2) is 0 Å². The standard InChI is InChI=1S/C37H63N3O2/c1-25(2)26-13-18-37(32(42)40-24-9-8-22-39-23-10-21-38)20-19-35(6)27(31(26)37)11-12-29-34(5)16-15-30(41)33(3,4)28(34)14-17-36(29,35)7/h26-29,31,39H,1,8-24,38H2,2-7H3,(H,40,42)/t26-,27+,28-,29+,31+,34-,35+,36+,37-/m0/s1. The Bertz CT molecular complexity index is 1050. The van der Waals surface area contributed by atoms with Crippen molar-refractivity contribution in [1.82, 2.24) is 10.6 Å². The molecular formula is C37H63N3O2. The van der Waals surface area contributed by atoms with Gasteiger partial charge in [-0.25, -0.2) is 0 Å².